The molecule has 0 radical (unpaired) electrons. The van der Waals surface area contributed by atoms with E-state index < -0.39 is 17.2 Å². The third-order valence-electron chi connectivity index (χ3n) is 1.35. The van der Waals surface area contributed by atoms with E-state index in [1.165, 1.54) is 0 Å². The van der Waals surface area contributed by atoms with E-state index in [2.05, 4.69) is 0 Å². The number of aromatic hydroxyl groups is 3. The first-order chi connectivity index (χ1) is 5.52. The molecule has 1 rings (SSSR count). The fourth-order valence-corrected chi connectivity index (χ4v) is 1.27. The maximum atomic E-state index is 10.8. The van der Waals surface area contributed by atoms with Gasteiger partial charge in [-0.25, -0.2) is 0 Å². The normalized spacial score (nSPS) is 9.58. The molecule has 0 unspecified atom stereocenters. The van der Waals surface area contributed by atoms with Crippen LogP contribution in [-0.4, -0.2) is 17.5 Å². The summed E-state index contributed by atoms with van der Waals surface area (Å²) in [7, 11) is 0. The Labute approximate surface area is 90.5 Å². The average molecular weight is 292 g/mol. The van der Waals surface area contributed by atoms with Gasteiger partial charge < -0.3 is 0 Å². The summed E-state index contributed by atoms with van der Waals surface area (Å²) in [5.41, 5.74) is 0.229. The summed E-state index contributed by atoms with van der Waals surface area (Å²) in [6, 6.07) is 2.27. The van der Waals surface area contributed by atoms with Crippen molar-refractivity contribution in [3.8, 4) is 17.2 Å². The molecular weight excluding hydrogens is 287 g/mol. The van der Waals surface area contributed by atoms with Crippen LogP contribution in [0.5, 0.6) is 17.2 Å². The van der Waals surface area contributed by atoms with Crippen molar-refractivity contribution in [3.63, 3.8) is 0 Å². The molecule has 4 nitrogen and oxygen atoms in total. The zero-order valence-electron chi connectivity index (χ0n) is 5.98. The number of hydrogen-bond donors (Lipinski definition) is 3. The SMILES string of the molecule is O=[C]([La])c1cc(O)c(O)c(O)c1. The second-order valence-corrected chi connectivity index (χ2v) is 3.87. The molecule has 0 aliphatic heterocycles. The van der Waals surface area contributed by atoms with E-state index in [9.17, 15) is 4.79 Å². The summed E-state index contributed by atoms with van der Waals surface area (Å²) in [6.07, 6.45) is 0. The predicted molar refractivity (Wildman–Crippen MR) is 35.8 cm³/mol. The Morgan fingerprint density at radius 3 is 1.92 bits per heavy atom. The van der Waals surface area contributed by atoms with Gasteiger partial charge in [-0.05, 0) is 0 Å². The zero-order chi connectivity index (χ0) is 9.30. The molecule has 0 aliphatic rings. The van der Waals surface area contributed by atoms with Gasteiger partial charge in [0.05, 0.1) is 0 Å². The van der Waals surface area contributed by atoms with E-state index in [0.29, 0.717) is 0 Å². The predicted octanol–water partition coefficient (Wildman–Crippen LogP) is 0.493. The van der Waals surface area contributed by atoms with E-state index in [1.807, 2.05) is 0 Å². The first kappa shape index (κ1) is 9.57. The molecular formula is C7H5LaO4. The average Bonchev–Trinajstić information content (AvgIpc) is 1.99. The second kappa shape index (κ2) is 3.47. The van der Waals surface area contributed by atoms with Crippen molar-refractivity contribution in [1.29, 1.82) is 0 Å². The Bertz CT molecular complexity index is 311. The molecule has 5 heteroatoms. The molecule has 3 N–H and O–H groups in total. The van der Waals surface area contributed by atoms with Crippen molar-refractivity contribution < 1.29 is 53.8 Å². The summed E-state index contributed by atoms with van der Waals surface area (Å²) < 4.78 is -0.124. The molecule has 1 aromatic carbocycles. The Hall–Kier alpha value is -0.515. The van der Waals surface area contributed by atoms with Crippen molar-refractivity contribution in [3.05, 3.63) is 17.7 Å². The topological polar surface area (TPSA) is 77.8 Å². The second-order valence-electron chi connectivity index (χ2n) is 2.23. The van der Waals surface area contributed by atoms with Crippen molar-refractivity contribution in [2.45, 2.75) is 0 Å². The number of carbonyl (C=O) groups excluding carboxylic acids is 1. The Morgan fingerprint density at radius 1 is 1.17 bits per heavy atom. The van der Waals surface area contributed by atoms with Gasteiger partial charge in [0.15, 0.2) is 0 Å². The molecule has 0 aromatic heterocycles. The quantitative estimate of drug-likeness (QED) is 0.658. The molecule has 0 atom stereocenters. The van der Waals surface area contributed by atoms with Crippen LogP contribution < -0.4 is 0 Å². The number of rotatable bonds is 1. The van der Waals surface area contributed by atoms with Crippen LogP contribution in [0.2, 0.25) is 0 Å². The number of phenols is 3. The molecule has 1 aromatic rings. The standard InChI is InChI=1S/C7H5O4.La/c8-3-4-1-5(9)7(11)6(10)2-4;/h1-2,9-11H;. The van der Waals surface area contributed by atoms with Crippen molar-refractivity contribution in [2.75, 3.05) is 0 Å². The van der Waals surface area contributed by atoms with E-state index in [1.54, 1.807) is 0 Å². The molecule has 0 aliphatic carbocycles. The Balaban J connectivity index is 3.31. The van der Waals surface area contributed by atoms with E-state index >= 15 is 0 Å². The van der Waals surface area contributed by atoms with Crippen molar-refractivity contribution in [1.82, 2.24) is 0 Å². The monoisotopic (exact) mass is 292 g/mol. The zero-order valence-corrected chi connectivity index (χ0v) is 9.61. The number of phenolic OH excluding ortho intramolecular Hbond substituents is 3. The van der Waals surface area contributed by atoms with Crippen molar-refractivity contribution in [2.24, 2.45) is 0 Å². The molecule has 60 valence electrons. The van der Waals surface area contributed by atoms with Crippen LogP contribution in [0, 0.1) is 33.7 Å². The van der Waals surface area contributed by atoms with Crippen LogP contribution in [0.1, 0.15) is 10.4 Å². The number of hydrogen-bond acceptors (Lipinski definition) is 4. The molecule has 0 saturated carbocycles. The minimum atomic E-state index is -0.593. The molecule has 0 heterocycles. The molecule has 12 heavy (non-hydrogen) atoms. The van der Waals surface area contributed by atoms with Gasteiger partial charge in [0, 0.05) is 0 Å². The van der Waals surface area contributed by atoms with Crippen LogP contribution in [0.25, 0.3) is 0 Å². The van der Waals surface area contributed by atoms with Gasteiger partial charge in [-0.15, -0.1) is 0 Å². The van der Waals surface area contributed by atoms with Gasteiger partial charge in [0.25, 0.3) is 0 Å². The van der Waals surface area contributed by atoms with Crippen LogP contribution in [0.15, 0.2) is 12.1 Å². The summed E-state index contributed by atoms with van der Waals surface area (Å²) in [4.78, 5) is 10.8. The number of benzene rings is 1. The summed E-state index contributed by atoms with van der Waals surface area (Å²) >= 11 is 0.110. The third kappa shape index (κ3) is 1.80. The van der Waals surface area contributed by atoms with Gasteiger partial charge >= 0.3 is 91.0 Å². The van der Waals surface area contributed by atoms with Crippen LogP contribution in [0.4, 0.5) is 0 Å². The van der Waals surface area contributed by atoms with Gasteiger partial charge in [0.2, 0.25) is 0 Å². The first-order valence-electron chi connectivity index (χ1n) is 3.07. The van der Waals surface area contributed by atoms with E-state index in [-0.39, 0.29) is 41.5 Å². The van der Waals surface area contributed by atoms with Gasteiger partial charge in [0.1, 0.15) is 0 Å². The van der Waals surface area contributed by atoms with Gasteiger partial charge in [-0.1, -0.05) is 0 Å². The van der Waals surface area contributed by atoms with Crippen LogP contribution in [-0.2, 0) is 0 Å². The summed E-state index contributed by atoms with van der Waals surface area (Å²) in [5.74, 6) is -1.54. The molecule has 0 fully saturated rings. The van der Waals surface area contributed by atoms with Crippen LogP contribution >= 0.6 is 0 Å². The van der Waals surface area contributed by atoms with Crippen molar-refractivity contribution >= 4 is 2.19 Å². The Kier molecular flexibility index (Phi) is 2.77. The van der Waals surface area contributed by atoms with Gasteiger partial charge in [-0.2, -0.15) is 0 Å². The summed E-state index contributed by atoms with van der Waals surface area (Å²) in [6.45, 7) is 0. The summed E-state index contributed by atoms with van der Waals surface area (Å²) in [5, 5.41) is 26.9. The fraction of sp³-hybridized carbons (Fsp3) is 0. The van der Waals surface area contributed by atoms with Gasteiger partial charge in [-0.3, -0.25) is 0 Å². The Morgan fingerprint density at radius 2 is 1.58 bits per heavy atom. The first-order valence-corrected chi connectivity index (χ1v) is 4.88. The molecule has 0 bridgehead atoms. The van der Waals surface area contributed by atoms with Crippen LogP contribution in [0.3, 0.4) is 0 Å². The molecule has 0 spiro atoms. The number of carbonyl (C=O) groups is 1. The van der Waals surface area contributed by atoms with E-state index in [0.717, 1.165) is 12.1 Å². The third-order valence-corrected chi connectivity index (χ3v) is 2.40. The minimum absolute atomic E-state index is 0.110. The van der Waals surface area contributed by atoms with E-state index in [4.69, 9.17) is 15.3 Å². The molecule has 0 amide bonds. The molecule has 0 saturated heterocycles. The fourth-order valence-electron chi connectivity index (χ4n) is 0.746. The maximum absolute atomic E-state index is 10.8.